The topological polar surface area (TPSA) is 105 Å². The molecule has 0 saturated heterocycles. The monoisotopic (exact) mass is 331 g/mol. The van der Waals surface area contributed by atoms with Crippen LogP contribution in [0.1, 0.15) is 13.3 Å². The highest BCUT2D eigenvalue weighted by Crippen LogP contribution is 2.27. The second-order valence-corrected chi connectivity index (χ2v) is 5.28. The van der Waals surface area contributed by atoms with Gasteiger partial charge in [0.1, 0.15) is 5.75 Å². The molecule has 0 heterocycles. The van der Waals surface area contributed by atoms with Gasteiger partial charge in [-0.1, -0.05) is 0 Å². The second-order valence-electron chi connectivity index (χ2n) is 5.28. The number of nitrogen functional groups attached to an aromatic ring is 1. The number of hydrogen-bond acceptors (Lipinski definition) is 7. The molecule has 7 nitrogen and oxygen atoms in total. The summed E-state index contributed by atoms with van der Waals surface area (Å²) in [5.74, 6) is -0.0365. The number of ketones is 2. The molecule has 0 aromatic heterocycles. The number of methoxy groups -OCH3 is 1. The Morgan fingerprint density at radius 1 is 1.38 bits per heavy atom. The Labute approximate surface area is 140 Å². The third-order valence-corrected chi connectivity index (χ3v) is 3.74. The predicted octanol–water partition coefficient (Wildman–Crippen LogP) is 1.09. The maximum absolute atomic E-state index is 12.3. The van der Waals surface area contributed by atoms with E-state index in [9.17, 15) is 9.59 Å². The molecule has 1 aromatic rings. The van der Waals surface area contributed by atoms with Crippen LogP contribution in [-0.4, -0.2) is 54.1 Å². The summed E-state index contributed by atoms with van der Waals surface area (Å²) in [5, 5.41) is 9.06. The van der Waals surface area contributed by atoms with E-state index in [2.05, 4.69) is 4.99 Å². The van der Waals surface area contributed by atoms with E-state index in [0.717, 1.165) is 0 Å². The number of nitrogens with two attached hydrogens (primary N) is 1. The summed E-state index contributed by atoms with van der Waals surface area (Å²) in [6.07, 6.45) is 1.22. The Kier molecular flexibility index (Phi) is 5.70. The van der Waals surface area contributed by atoms with Gasteiger partial charge < -0.3 is 20.5 Å². The zero-order valence-corrected chi connectivity index (χ0v) is 13.8. The summed E-state index contributed by atoms with van der Waals surface area (Å²) in [6, 6.07) is 4.91. The van der Waals surface area contributed by atoms with E-state index in [1.165, 1.54) is 13.2 Å². The number of likely N-dealkylation sites (N-methyl/N-ethyl adjacent to an activating group) is 1. The Hall–Kier alpha value is -2.67. The molecule has 1 aliphatic rings. The first-order valence-corrected chi connectivity index (χ1v) is 7.66. The summed E-state index contributed by atoms with van der Waals surface area (Å²) in [4.78, 5) is 30.6. The van der Waals surface area contributed by atoms with Crippen LogP contribution in [0, 0.1) is 0 Å². The van der Waals surface area contributed by atoms with Gasteiger partial charge in [-0.15, -0.1) is 0 Å². The molecule has 0 aliphatic heterocycles. The van der Waals surface area contributed by atoms with Crippen molar-refractivity contribution in [1.29, 1.82) is 0 Å². The molecule has 7 heteroatoms. The molecule has 1 aliphatic carbocycles. The van der Waals surface area contributed by atoms with Gasteiger partial charge in [0.2, 0.25) is 5.78 Å². The molecule has 24 heavy (non-hydrogen) atoms. The minimum Gasteiger partial charge on any atom is -0.495 e. The van der Waals surface area contributed by atoms with Crippen molar-refractivity contribution in [3.63, 3.8) is 0 Å². The molecule has 0 saturated carbocycles. The average Bonchev–Trinajstić information content (AvgIpc) is 2.57. The fraction of sp³-hybridized carbons (Fsp3) is 0.353. The molecule has 128 valence electrons. The lowest BCUT2D eigenvalue weighted by Crippen LogP contribution is -2.35. The number of hydrogen-bond donors (Lipinski definition) is 2. The van der Waals surface area contributed by atoms with Gasteiger partial charge in [-0.25, -0.2) is 4.99 Å². The molecule has 0 radical (unpaired) electrons. The third-order valence-electron chi connectivity index (χ3n) is 3.74. The van der Waals surface area contributed by atoms with Crippen molar-refractivity contribution in [3.05, 3.63) is 30.0 Å². The van der Waals surface area contributed by atoms with Gasteiger partial charge in [-0.3, -0.25) is 9.59 Å². The standard InChI is InChI=1S/C17H21N3O4/c1-3-20(6-7-21)14-10-15(22)13(9-16(14)23)19-11-4-5-12(18)17(8-11)24-2/h4-5,8,10,21H,3,6-7,9,18H2,1-2H3. The number of Topliss-reactive ketones (excluding diaryl/α,β-unsaturated/α-hetero) is 1. The smallest absolute Gasteiger partial charge is 0.202 e. The number of nitrogens with zero attached hydrogens (tertiary/aromatic N) is 2. The van der Waals surface area contributed by atoms with Gasteiger partial charge in [0.15, 0.2) is 5.78 Å². The number of rotatable bonds is 6. The molecule has 0 bridgehead atoms. The van der Waals surface area contributed by atoms with E-state index in [1.54, 1.807) is 23.1 Å². The highest BCUT2D eigenvalue weighted by Gasteiger charge is 2.27. The van der Waals surface area contributed by atoms with E-state index < -0.39 is 0 Å². The van der Waals surface area contributed by atoms with Crippen LogP contribution in [0.2, 0.25) is 0 Å². The van der Waals surface area contributed by atoms with Gasteiger partial charge in [-0.2, -0.15) is 0 Å². The average molecular weight is 331 g/mol. The number of ether oxygens (including phenoxy) is 1. The van der Waals surface area contributed by atoms with Crippen molar-refractivity contribution in [2.45, 2.75) is 13.3 Å². The maximum Gasteiger partial charge on any atom is 0.202 e. The summed E-state index contributed by atoms with van der Waals surface area (Å²) in [6.45, 7) is 2.62. The van der Waals surface area contributed by atoms with Gasteiger partial charge in [0.25, 0.3) is 0 Å². The van der Waals surface area contributed by atoms with Crippen molar-refractivity contribution in [2.24, 2.45) is 4.99 Å². The summed E-state index contributed by atoms with van der Waals surface area (Å²) in [7, 11) is 1.49. The molecule has 3 N–H and O–H groups in total. The van der Waals surface area contributed by atoms with Crippen LogP contribution >= 0.6 is 0 Å². The van der Waals surface area contributed by atoms with Gasteiger partial charge in [0, 0.05) is 25.2 Å². The van der Waals surface area contributed by atoms with Crippen molar-refractivity contribution >= 4 is 28.7 Å². The van der Waals surface area contributed by atoms with E-state index in [-0.39, 0.29) is 30.3 Å². The SMILES string of the molecule is CCN(CCO)C1=CC(=O)C(=Nc2ccc(N)c(OC)c2)CC1=O. The van der Waals surface area contributed by atoms with Gasteiger partial charge in [0.05, 0.1) is 42.9 Å². The quantitative estimate of drug-likeness (QED) is 0.756. The molecule has 0 spiro atoms. The zero-order chi connectivity index (χ0) is 17.7. The number of aliphatic imine (C=N–C) groups is 1. The molecule has 0 fully saturated rings. The number of carbonyl (C=O) groups is 2. The second kappa shape index (κ2) is 7.74. The fourth-order valence-electron chi connectivity index (χ4n) is 2.47. The first kappa shape index (κ1) is 17.7. The van der Waals surface area contributed by atoms with E-state index >= 15 is 0 Å². The van der Waals surface area contributed by atoms with Crippen LogP contribution in [0.15, 0.2) is 35.0 Å². The summed E-state index contributed by atoms with van der Waals surface area (Å²) < 4.78 is 5.12. The van der Waals surface area contributed by atoms with Gasteiger partial charge >= 0.3 is 0 Å². The molecule has 1 aromatic carbocycles. The summed E-state index contributed by atoms with van der Waals surface area (Å²) >= 11 is 0. The fourth-order valence-corrected chi connectivity index (χ4v) is 2.47. The normalized spacial score (nSPS) is 16.3. The molecule has 0 unspecified atom stereocenters. The minimum absolute atomic E-state index is 0.0702. The lowest BCUT2D eigenvalue weighted by molar-refractivity contribution is -0.118. The molecular formula is C17H21N3O4. The largest absolute Gasteiger partial charge is 0.495 e. The van der Waals surface area contributed by atoms with Crippen molar-refractivity contribution in [2.75, 3.05) is 32.5 Å². The number of aliphatic hydroxyl groups is 1. The van der Waals surface area contributed by atoms with Crippen molar-refractivity contribution in [3.8, 4) is 5.75 Å². The van der Waals surface area contributed by atoms with Crippen LogP contribution < -0.4 is 10.5 Å². The molecule has 2 rings (SSSR count). The summed E-state index contributed by atoms with van der Waals surface area (Å²) in [5.41, 5.74) is 7.22. The highest BCUT2D eigenvalue weighted by atomic mass is 16.5. The Balaban J connectivity index is 2.30. The maximum atomic E-state index is 12.3. The van der Waals surface area contributed by atoms with Crippen LogP contribution in [0.25, 0.3) is 0 Å². The molecular weight excluding hydrogens is 310 g/mol. The van der Waals surface area contributed by atoms with Crippen molar-refractivity contribution in [1.82, 2.24) is 4.90 Å². The number of aliphatic hydroxyl groups excluding tert-OH is 1. The number of carbonyl (C=O) groups excluding carboxylic acids is 2. The van der Waals surface area contributed by atoms with Crippen LogP contribution in [0.4, 0.5) is 11.4 Å². The number of anilines is 1. The lowest BCUT2D eigenvalue weighted by Gasteiger charge is -2.26. The van der Waals surface area contributed by atoms with E-state index in [0.29, 0.717) is 35.9 Å². The first-order chi connectivity index (χ1) is 11.5. The molecule has 0 atom stereocenters. The Morgan fingerprint density at radius 2 is 2.12 bits per heavy atom. The number of benzene rings is 1. The Morgan fingerprint density at radius 3 is 2.75 bits per heavy atom. The van der Waals surface area contributed by atoms with E-state index in [4.69, 9.17) is 15.6 Å². The first-order valence-electron chi connectivity index (χ1n) is 7.66. The van der Waals surface area contributed by atoms with E-state index in [1.807, 2.05) is 6.92 Å². The minimum atomic E-state index is -0.309. The lowest BCUT2D eigenvalue weighted by atomic mass is 9.98. The van der Waals surface area contributed by atoms with Crippen LogP contribution in [0.5, 0.6) is 5.75 Å². The zero-order valence-electron chi connectivity index (χ0n) is 13.8. The number of allylic oxidation sites excluding steroid dienone is 2. The third kappa shape index (κ3) is 3.80. The molecule has 0 amide bonds. The van der Waals surface area contributed by atoms with Crippen LogP contribution in [0.3, 0.4) is 0 Å². The predicted molar refractivity (Wildman–Crippen MR) is 91.5 cm³/mol. The highest BCUT2D eigenvalue weighted by molar-refractivity contribution is 6.50. The van der Waals surface area contributed by atoms with Crippen LogP contribution in [-0.2, 0) is 9.59 Å². The Bertz CT molecular complexity index is 710. The van der Waals surface area contributed by atoms with Gasteiger partial charge in [-0.05, 0) is 19.1 Å². The van der Waals surface area contributed by atoms with Crippen molar-refractivity contribution < 1.29 is 19.4 Å².